The standard InChI is InChI=1S/C60H84N10O8/c1-35(61-9)52(72)67-50(59(3,4)5)56(76)69-33-38(31-48(69)54(74)65-46-23-15-19-39-17-11-13-21-44(39)46)30-43(71)29-37-25-27-41(28-26-37)63-58(78)64-42-32-49(55(75)66-47-24-16-20-40-18-12-14-22-45(40)47)70(34-42)57(77)51(60(6,7)8)68-53(73)36(2)62-10/h11-14,17-18,21-22,25-28,35-36,38,42,46-51,61-62H,15-16,19-20,23-24,29-34H2,1-10H3,(H,65,74)(H,66,75)(H,67,72)(H,68,73)(H2,63,64,78)/t35-,36-,38-,42-,46+,47+,48-,49-,50+,51+/m0/s1. The van der Waals surface area contributed by atoms with Crippen molar-refractivity contribution in [2.24, 2.45) is 16.7 Å². The molecule has 422 valence electrons. The number of nitrogens with one attached hydrogen (secondary N) is 8. The third-order valence-corrected chi connectivity index (χ3v) is 16.1. The molecule has 0 aromatic heterocycles. The highest BCUT2D eigenvalue weighted by Gasteiger charge is 2.48. The molecule has 8 amide bonds. The molecule has 0 spiro atoms. The minimum absolute atomic E-state index is 0.0355. The average Bonchev–Trinajstić information content (AvgIpc) is 4.14. The van der Waals surface area contributed by atoms with Gasteiger partial charge in [0, 0.05) is 31.6 Å². The molecular weight excluding hydrogens is 989 g/mol. The average molecular weight is 1070 g/mol. The van der Waals surface area contributed by atoms with Gasteiger partial charge in [0.25, 0.3) is 0 Å². The molecule has 8 N–H and O–H groups in total. The maximum absolute atomic E-state index is 14.6. The normalized spacial score (nSPS) is 22.6. The molecule has 78 heavy (non-hydrogen) atoms. The molecule has 2 aliphatic carbocycles. The third kappa shape index (κ3) is 14.5. The van der Waals surface area contributed by atoms with E-state index in [1.165, 1.54) is 16.0 Å². The second-order valence-electron chi connectivity index (χ2n) is 24.2. The second-order valence-corrected chi connectivity index (χ2v) is 24.2. The Balaban J connectivity index is 0.999. The van der Waals surface area contributed by atoms with Crippen LogP contribution in [0, 0.1) is 16.7 Å². The van der Waals surface area contributed by atoms with Crippen LogP contribution in [0.4, 0.5) is 10.5 Å². The zero-order valence-electron chi connectivity index (χ0n) is 47.3. The first-order valence-electron chi connectivity index (χ1n) is 28.0. The third-order valence-electron chi connectivity index (χ3n) is 16.1. The Morgan fingerprint density at radius 3 is 1.53 bits per heavy atom. The number of hydrogen-bond donors (Lipinski definition) is 8. The molecule has 10 atom stereocenters. The van der Waals surface area contributed by atoms with Crippen molar-refractivity contribution in [1.82, 2.24) is 47.0 Å². The van der Waals surface area contributed by atoms with Gasteiger partial charge in [-0.15, -0.1) is 0 Å². The van der Waals surface area contributed by atoms with Crippen LogP contribution in [0.1, 0.15) is 140 Å². The number of likely N-dealkylation sites (tertiary alicyclic amines) is 2. The van der Waals surface area contributed by atoms with Crippen LogP contribution in [0.2, 0.25) is 0 Å². The SMILES string of the molecule is CN[C@@H](C)C(=O)N[C@H](C(=O)N1C[C@@H](CC(=O)Cc2ccc(NC(=O)N[C@H]3C[C@@H](C(=O)N[C@@H]4CCCc5ccccc54)N(C(=O)[C@@H](NC(=O)[C@H](C)NC)C(C)(C)C)C3)cc2)C[C@H]1C(=O)N[C@@H]1CCCc2ccccc21)C(C)(C)C. The molecule has 2 fully saturated rings. The summed E-state index contributed by atoms with van der Waals surface area (Å²) >= 11 is 0. The number of Topliss-reactive ketones (excluding diaryl/α,β-unsaturated/α-hetero) is 1. The fourth-order valence-electron chi connectivity index (χ4n) is 11.4. The quantitative estimate of drug-likeness (QED) is 0.0833. The van der Waals surface area contributed by atoms with E-state index in [0.717, 1.165) is 49.7 Å². The first-order valence-corrected chi connectivity index (χ1v) is 28.0. The second kappa shape index (κ2) is 25.4. The van der Waals surface area contributed by atoms with Gasteiger partial charge in [-0.1, -0.05) is 102 Å². The van der Waals surface area contributed by atoms with E-state index in [9.17, 15) is 38.4 Å². The van der Waals surface area contributed by atoms with Crippen molar-refractivity contribution >= 4 is 52.9 Å². The number of benzene rings is 3. The van der Waals surface area contributed by atoms with E-state index < -0.39 is 65.1 Å². The Morgan fingerprint density at radius 2 is 1.05 bits per heavy atom. The predicted octanol–water partition coefficient (Wildman–Crippen LogP) is 5.16. The van der Waals surface area contributed by atoms with E-state index in [0.29, 0.717) is 11.3 Å². The summed E-state index contributed by atoms with van der Waals surface area (Å²) in [7, 11) is 3.33. The van der Waals surface area contributed by atoms with Gasteiger partial charge in [-0.25, -0.2) is 4.79 Å². The Kier molecular flexibility index (Phi) is 19.2. The van der Waals surface area contributed by atoms with Gasteiger partial charge in [-0.05, 0) is 136 Å². The van der Waals surface area contributed by atoms with Crippen molar-refractivity contribution in [3.05, 3.63) is 101 Å². The molecule has 0 bridgehead atoms. The molecule has 7 rings (SSSR count). The van der Waals surface area contributed by atoms with E-state index in [4.69, 9.17) is 0 Å². The zero-order valence-corrected chi connectivity index (χ0v) is 47.3. The number of ketones is 1. The highest BCUT2D eigenvalue weighted by Crippen LogP contribution is 2.35. The molecule has 3 aromatic rings. The molecule has 18 nitrogen and oxygen atoms in total. The number of likely N-dealkylation sites (N-methyl/N-ethyl adjacent to an activating group) is 2. The highest BCUT2D eigenvalue weighted by molar-refractivity contribution is 5.96. The number of carbonyl (C=O) groups is 8. The van der Waals surface area contributed by atoms with Crippen molar-refractivity contribution in [1.29, 1.82) is 0 Å². The fraction of sp³-hybridized carbons (Fsp3) is 0.567. The number of carbonyl (C=O) groups excluding carboxylic acids is 8. The lowest BCUT2D eigenvalue weighted by Crippen LogP contribution is -2.59. The summed E-state index contributed by atoms with van der Waals surface area (Å²) in [6.07, 6.45) is 5.82. The van der Waals surface area contributed by atoms with Gasteiger partial charge < -0.3 is 52.3 Å². The topological polar surface area (TPSA) is 239 Å². The van der Waals surface area contributed by atoms with E-state index in [-0.39, 0.29) is 92.1 Å². The van der Waals surface area contributed by atoms with Crippen molar-refractivity contribution in [3.63, 3.8) is 0 Å². The summed E-state index contributed by atoms with van der Waals surface area (Å²) in [5.41, 5.74) is 4.25. The van der Waals surface area contributed by atoms with Crippen molar-refractivity contribution < 1.29 is 38.4 Å². The number of fused-ring (bicyclic) bond motifs is 2. The molecule has 2 aliphatic heterocycles. The Hall–Kier alpha value is -6.66. The summed E-state index contributed by atoms with van der Waals surface area (Å²) in [6, 6.07) is 16.7. The van der Waals surface area contributed by atoms with Crippen molar-refractivity contribution in [3.8, 4) is 0 Å². The minimum atomic E-state index is -0.964. The highest BCUT2D eigenvalue weighted by atomic mass is 16.2. The lowest BCUT2D eigenvalue weighted by molar-refractivity contribution is -0.144. The number of aryl methyl sites for hydroxylation is 2. The van der Waals surface area contributed by atoms with Gasteiger partial charge in [-0.2, -0.15) is 0 Å². The zero-order chi connectivity index (χ0) is 56.6. The van der Waals surface area contributed by atoms with Gasteiger partial charge >= 0.3 is 6.03 Å². The summed E-state index contributed by atoms with van der Waals surface area (Å²) in [5.74, 6) is -2.48. The monoisotopic (exact) mass is 1070 g/mol. The number of hydrogen-bond acceptors (Lipinski definition) is 10. The number of anilines is 1. The van der Waals surface area contributed by atoms with E-state index in [1.807, 2.05) is 77.9 Å². The van der Waals surface area contributed by atoms with Crippen LogP contribution in [0.15, 0.2) is 72.8 Å². The lowest BCUT2D eigenvalue weighted by Gasteiger charge is -2.36. The van der Waals surface area contributed by atoms with Gasteiger partial charge in [0.15, 0.2) is 0 Å². The first kappa shape index (κ1) is 59.0. The van der Waals surface area contributed by atoms with Crippen LogP contribution >= 0.6 is 0 Å². The maximum atomic E-state index is 14.6. The van der Waals surface area contributed by atoms with Crippen LogP contribution in [0.3, 0.4) is 0 Å². The van der Waals surface area contributed by atoms with Crippen LogP contribution < -0.4 is 42.5 Å². The number of urea groups is 1. The summed E-state index contributed by atoms with van der Waals surface area (Å²) in [6.45, 7) is 14.8. The molecule has 0 unspecified atom stereocenters. The van der Waals surface area contributed by atoms with Crippen LogP contribution in [-0.4, -0.2) is 127 Å². The van der Waals surface area contributed by atoms with Crippen LogP contribution in [0.5, 0.6) is 0 Å². The van der Waals surface area contributed by atoms with E-state index in [1.54, 1.807) is 57.1 Å². The van der Waals surface area contributed by atoms with Gasteiger partial charge in [0.2, 0.25) is 35.4 Å². The largest absolute Gasteiger partial charge is 0.347 e. The van der Waals surface area contributed by atoms with Gasteiger partial charge in [-0.3, -0.25) is 33.6 Å². The first-order chi connectivity index (χ1) is 36.9. The van der Waals surface area contributed by atoms with E-state index >= 15 is 0 Å². The Labute approximate surface area is 460 Å². The molecule has 0 saturated carbocycles. The molecular formula is C60H84N10O8. The van der Waals surface area contributed by atoms with Gasteiger partial charge in [0.1, 0.15) is 30.0 Å². The summed E-state index contributed by atoms with van der Waals surface area (Å²) < 4.78 is 0. The van der Waals surface area contributed by atoms with Gasteiger partial charge in [0.05, 0.1) is 30.2 Å². The molecule has 2 heterocycles. The Bertz CT molecular complexity index is 2500. The maximum Gasteiger partial charge on any atom is 0.319 e. The molecule has 4 aliphatic rings. The number of nitrogens with zero attached hydrogens (tertiary/aromatic N) is 2. The molecule has 2 saturated heterocycles. The minimum Gasteiger partial charge on any atom is -0.347 e. The number of rotatable bonds is 18. The predicted molar refractivity (Wildman–Crippen MR) is 300 cm³/mol. The number of amides is 8. The van der Waals surface area contributed by atoms with E-state index in [2.05, 4.69) is 54.7 Å². The smallest absolute Gasteiger partial charge is 0.319 e. The molecule has 0 radical (unpaired) electrons. The van der Waals surface area contributed by atoms with Crippen LogP contribution in [0.25, 0.3) is 0 Å². The molecule has 3 aromatic carbocycles. The lowest BCUT2D eigenvalue weighted by atomic mass is 9.85. The van der Waals surface area contributed by atoms with Crippen LogP contribution in [-0.2, 0) is 52.8 Å². The van der Waals surface area contributed by atoms with Crippen molar-refractivity contribution in [2.45, 2.75) is 174 Å². The van der Waals surface area contributed by atoms with Crippen molar-refractivity contribution in [2.75, 3.05) is 32.5 Å². The summed E-state index contributed by atoms with van der Waals surface area (Å²) in [4.78, 5) is 115. The summed E-state index contributed by atoms with van der Waals surface area (Å²) in [5, 5.41) is 24.0. The molecule has 18 heteroatoms. The Morgan fingerprint density at radius 1 is 0.590 bits per heavy atom. The fourth-order valence-corrected chi connectivity index (χ4v) is 11.4.